The molecule has 0 aliphatic carbocycles. The first-order chi connectivity index (χ1) is 8.76. The summed E-state index contributed by atoms with van der Waals surface area (Å²) in [5.74, 6) is 0.890. The molecule has 1 aromatic rings. The van der Waals surface area contributed by atoms with Gasteiger partial charge < -0.3 is 15.2 Å². The Morgan fingerprint density at radius 1 is 1.39 bits per heavy atom. The average Bonchev–Trinajstić information content (AvgIpc) is 2.42. The maximum atomic E-state index is 11.5. The lowest BCUT2D eigenvalue weighted by molar-refractivity contribution is -0.123. The standard InChI is InChI=1S/C14H21NO3/c1-2-12(8-9-16)10-15-14(17)11-18-13-6-4-3-5-7-13/h3-7,12,16H,2,8-11H2,1H3,(H,15,17). The van der Waals surface area contributed by atoms with Crippen LogP contribution in [0.4, 0.5) is 0 Å². The number of aliphatic hydroxyl groups excluding tert-OH is 1. The molecule has 100 valence electrons. The van der Waals surface area contributed by atoms with Crippen molar-refractivity contribution in [2.45, 2.75) is 19.8 Å². The predicted octanol–water partition coefficient (Wildman–Crippen LogP) is 1.59. The van der Waals surface area contributed by atoms with Crippen molar-refractivity contribution < 1.29 is 14.6 Å². The fourth-order valence-corrected chi connectivity index (χ4v) is 1.61. The van der Waals surface area contributed by atoms with Gasteiger partial charge in [-0.2, -0.15) is 0 Å². The van der Waals surface area contributed by atoms with Crippen LogP contribution in [-0.2, 0) is 4.79 Å². The van der Waals surface area contributed by atoms with Crippen LogP contribution in [-0.4, -0.2) is 30.8 Å². The number of carbonyl (C=O) groups is 1. The lowest BCUT2D eigenvalue weighted by Crippen LogP contribution is -2.33. The zero-order valence-corrected chi connectivity index (χ0v) is 10.8. The molecule has 1 amide bonds. The highest BCUT2D eigenvalue weighted by Gasteiger charge is 2.08. The van der Waals surface area contributed by atoms with E-state index < -0.39 is 0 Å². The molecule has 0 bridgehead atoms. The smallest absolute Gasteiger partial charge is 0.257 e. The predicted molar refractivity (Wildman–Crippen MR) is 70.4 cm³/mol. The minimum Gasteiger partial charge on any atom is -0.484 e. The number of aliphatic hydroxyl groups is 1. The number of rotatable bonds is 8. The second kappa shape index (κ2) is 8.53. The molecule has 18 heavy (non-hydrogen) atoms. The highest BCUT2D eigenvalue weighted by atomic mass is 16.5. The maximum Gasteiger partial charge on any atom is 0.257 e. The quantitative estimate of drug-likeness (QED) is 0.737. The molecule has 1 atom stereocenters. The van der Waals surface area contributed by atoms with Gasteiger partial charge in [-0.1, -0.05) is 31.5 Å². The van der Waals surface area contributed by atoms with Crippen molar-refractivity contribution in [3.63, 3.8) is 0 Å². The second-order valence-corrected chi connectivity index (χ2v) is 4.19. The van der Waals surface area contributed by atoms with Gasteiger partial charge in [-0.3, -0.25) is 4.79 Å². The fourth-order valence-electron chi connectivity index (χ4n) is 1.61. The Balaban J connectivity index is 2.21. The Labute approximate surface area is 108 Å². The molecule has 0 heterocycles. The Kier molecular flexibility index (Phi) is 6.87. The number of hydrogen-bond acceptors (Lipinski definition) is 3. The molecular formula is C14H21NO3. The van der Waals surface area contributed by atoms with E-state index in [1.54, 1.807) is 0 Å². The first kappa shape index (κ1) is 14.5. The summed E-state index contributed by atoms with van der Waals surface area (Å²) >= 11 is 0. The number of hydrogen-bond donors (Lipinski definition) is 2. The Morgan fingerprint density at radius 2 is 2.11 bits per heavy atom. The topological polar surface area (TPSA) is 58.6 Å². The molecule has 0 saturated carbocycles. The van der Waals surface area contributed by atoms with Crippen molar-refractivity contribution in [3.05, 3.63) is 30.3 Å². The molecule has 1 unspecified atom stereocenters. The van der Waals surface area contributed by atoms with Gasteiger partial charge in [0.25, 0.3) is 5.91 Å². The summed E-state index contributed by atoms with van der Waals surface area (Å²) in [5.41, 5.74) is 0. The summed E-state index contributed by atoms with van der Waals surface area (Å²) in [6.07, 6.45) is 1.66. The van der Waals surface area contributed by atoms with Crippen molar-refractivity contribution in [1.29, 1.82) is 0 Å². The van der Waals surface area contributed by atoms with Crippen molar-refractivity contribution >= 4 is 5.91 Å². The van der Waals surface area contributed by atoms with Crippen molar-refractivity contribution in [1.82, 2.24) is 5.32 Å². The van der Waals surface area contributed by atoms with Crippen LogP contribution < -0.4 is 10.1 Å². The summed E-state index contributed by atoms with van der Waals surface area (Å²) in [4.78, 5) is 11.5. The van der Waals surface area contributed by atoms with E-state index in [-0.39, 0.29) is 19.1 Å². The normalized spacial score (nSPS) is 11.9. The average molecular weight is 251 g/mol. The first-order valence-electron chi connectivity index (χ1n) is 6.31. The van der Waals surface area contributed by atoms with E-state index in [0.29, 0.717) is 18.2 Å². The van der Waals surface area contributed by atoms with Crippen LogP contribution in [0.2, 0.25) is 0 Å². The number of nitrogens with one attached hydrogen (secondary N) is 1. The van der Waals surface area contributed by atoms with E-state index in [2.05, 4.69) is 5.32 Å². The summed E-state index contributed by atoms with van der Waals surface area (Å²) in [6.45, 7) is 2.83. The van der Waals surface area contributed by atoms with Crippen LogP contribution in [0.1, 0.15) is 19.8 Å². The molecule has 0 aliphatic rings. The van der Waals surface area contributed by atoms with Crippen molar-refractivity contribution in [2.24, 2.45) is 5.92 Å². The first-order valence-corrected chi connectivity index (χ1v) is 6.31. The molecule has 2 N–H and O–H groups in total. The monoisotopic (exact) mass is 251 g/mol. The van der Waals surface area contributed by atoms with Gasteiger partial charge in [0.15, 0.2) is 6.61 Å². The van der Waals surface area contributed by atoms with E-state index in [0.717, 1.165) is 12.8 Å². The molecule has 0 saturated heterocycles. The fraction of sp³-hybridized carbons (Fsp3) is 0.500. The molecule has 0 radical (unpaired) electrons. The third-order valence-corrected chi connectivity index (χ3v) is 2.82. The Morgan fingerprint density at radius 3 is 2.72 bits per heavy atom. The largest absolute Gasteiger partial charge is 0.484 e. The van der Waals surface area contributed by atoms with E-state index >= 15 is 0 Å². The van der Waals surface area contributed by atoms with Gasteiger partial charge in [-0.05, 0) is 24.5 Å². The van der Waals surface area contributed by atoms with Gasteiger partial charge in [-0.15, -0.1) is 0 Å². The number of ether oxygens (including phenoxy) is 1. The molecule has 0 fully saturated rings. The van der Waals surface area contributed by atoms with Gasteiger partial charge in [0.2, 0.25) is 0 Å². The number of carbonyl (C=O) groups excluding carboxylic acids is 1. The van der Waals surface area contributed by atoms with Crippen LogP contribution in [0.5, 0.6) is 5.75 Å². The minimum absolute atomic E-state index is 0.0274. The third-order valence-electron chi connectivity index (χ3n) is 2.82. The zero-order chi connectivity index (χ0) is 13.2. The van der Waals surface area contributed by atoms with Crippen LogP contribution in [0, 0.1) is 5.92 Å². The van der Waals surface area contributed by atoms with Crippen LogP contribution in [0.3, 0.4) is 0 Å². The molecular weight excluding hydrogens is 230 g/mol. The lowest BCUT2D eigenvalue weighted by atomic mass is 10.0. The summed E-state index contributed by atoms with van der Waals surface area (Å²) < 4.78 is 5.33. The lowest BCUT2D eigenvalue weighted by Gasteiger charge is -2.14. The highest BCUT2D eigenvalue weighted by molar-refractivity contribution is 5.77. The van der Waals surface area contributed by atoms with Crippen molar-refractivity contribution in [2.75, 3.05) is 19.8 Å². The third kappa shape index (κ3) is 5.68. The Hall–Kier alpha value is -1.55. The van der Waals surface area contributed by atoms with E-state index in [4.69, 9.17) is 9.84 Å². The molecule has 1 aromatic carbocycles. The number of benzene rings is 1. The van der Waals surface area contributed by atoms with Gasteiger partial charge in [0.1, 0.15) is 5.75 Å². The summed E-state index contributed by atoms with van der Waals surface area (Å²) in [6, 6.07) is 9.25. The van der Waals surface area contributed by atoms with Crippen molar-refractivity contribution in [3.8, 4) is 5.75 Å². The molecule has 4 heteroatoms. The molecule has 0 aliphatic heterocycles. The molecule has 0 aromatic heterocycles. The summed E-state index contributed by atoms with van der Waals surface area (Å²) in [5, 5.41) is 11.7. The van der Waals surface area contributed by atoms with Crippen LogP contribution in [0.15, 0.2) is 30.3 Å². The summed E-state index contributed by atoms with van der Waals surface area (Å²) in [7, 11) is 0. The molecule has 1 rings (SSSR count). The SMILES string of the molecule is CCC(CCO)CNC(=O)COc1ccccc1. The van der Waals surface area contributed by atoms with Gasteiger partial charge >= 0.3 is 0 Å². The van der Waals surface area contributed by atoms with Crippen LogP contribution >= 0.6 is 0 Å². The Bertz CT molecular complexity index is 340. The van der Waals surface area contributed by atoms with Gasteiger partial charge in [0, 0.05) is 13.2 Å². The maximum absolute atomic E-state index is 11.5. The minimum atomic E-state index is -0.129. The van der Waals surface area contributed by atoms with E-state index in [1.807, 2.05) is 37.3 Å². The second-order valence-electron chi connectivity index (χ2n) is 4.19. The van der Waals surface area contributed by atoms with E-state index in [9.17, 15) is 4.79 Å². The molecule has 4 nitrogen and oxygen atoms in total. The van der Waals surface area contributed by atoms with Crippen LogP contribution in [0.25, 0.3) is 0 Å². The van der Waals surface area contributed by atoms with Gasteiger partial charge in [-0.25, -0.2) is 0 Å². The van der Waals surface area contributed by atoms with E-state index in [1.165, 1.54) is 0 Å². The molecule has 0 spiro atoms. The van der Waals surface area contributed by atoms with Gasteiger partial charge in [0.05, 0.1) is 0 Å². The zero-order valence-electron chi connectivity index (χ0n) is 10.8. The highest BCUT2D eigenvalue weighted by Crippen LogP contribution is 2.08. The number of amides is 1. The number of para-hydroxylation sites is 1.